The molecule has 2 heterocycles. The molecule has 0 atom stereocenters. The molecule has 0 aliphatic rings. The van der Waals surface area contributed by atoms with Gasteiger partial charge in [-0.2, -0.15) is 10.2 Å². The second kappa shape index (κ2) is 6.02. The van der Waals surface area contributed by atoms with Crippen molar-refractivity contribution in [1.82, 2.24) is 24.9 Å². The average molecular weight is 261 g/mol. The fraction of sp³-hybridized carbons (Fsp3) is 0.571. The van der Waals surface area contributed by atoms with Gasteiger partial charge >= 0.3 is 0 Å². The van der Waals surface area contributed by atoms with E-state index < -0.39 is 0 Å². The lowest BCUT2D eigenvalue weighted by molar-refractivity contribution is 0.521. The van der Waals surface area contributed by atoms with Crippen LogP contribution in [0.25, 0.3) is 0 Å². The summed E-state index contributed by atoms with van der Waals surface area (Å²) in [5, 5.41) is 12.2. The Morgan fingerprint density at radius 3 is 2.42 bits per heavy atom. The Kier molecular flexibility index (Phi) is 4.37. The zero-order chi connectivity index (χ0) is 13.8. The minimum atomic E-state index is 0.412. The van der Waals surface area contributed by atoms with E-state index in [1.807, 2.05) is 21.8 Å². The Bertz CT molecular complexity index is 463. The highest BCUT2D eigenvalue weighted by Gasteiger charge is 2.03. The standard InChI is InChI=1S/C14H23N5/c1-11(2)18-6-5-14(17-18)9-15-7-13-8-16-19(10-13)12(3)4/h5-6,8,10-12,15H,7,9H2,1-4H3. The van der Waals surface area contributed by atoms with Crippen molar-refractivity contribution >= 4 is 0 Å². The van der Waals surface area contributed by atoms with Crippen LogP contribution in [-0.2, 0) is 13.1 Å². The van der Waals surface area contributed by atoms with E-state index in [1.54, 1.807) is 0 Å². The lowest BCUT2D eigenvalue weighted by Crippen LogP contribution is -2.13. The Balaban J connectivity index is 1.82. The minimum Gasteiger partial charge on any atom is -0.307 e. The molecule has 5 heteroatoms. The number of hydrogen-bond acceptors (Lipinski definition) is 3. The predicted octanol–water partition coefficient (Wildman–Crippen LogP) is 2.53. The average Bonchev–Trinajstić information content (AvgIpc) is 2.97. The molecule has 0 unspecified atom stereocenters. The van der Waals surface area contributed by atoms with Crippen LogP contribution in [-0.4, -0.2) is 19.6 Å². The third kappa shape index (κ3) is 3.67. The van der Waals surface area contributed by atoms with Crippen molar-refractivity contribution < 1.29 is 0 Å². The first-order valence-electron chi connectivity index (χ1n) is 6.84. The molecule has 0 radical (unpaired) electrons. The Morgan fingerprint density at radius 2 is 1.84 bits per heavy atom. The number of rotatable bonds is 6. The number of nitrogens with zero attached hydrogens (tertiary/aromatic N) is 4. The fourth-order valence-corrected chi connectivity index (χ4v) is 1.85. The smallest absolute Gasteiger partial charge is 0.0762 e. The largest absolute Gasteiger partial charge is 0.307 e. The highest BCUT2D eigenvalue weighted by atomic mass is 15.3. The van der Waals surface area contributed by atoms with Gasteiger partial charge in [0.1, 0.15) is 0 Å². The van der Waals surface area contributed by atoms with E-state index in [2.05, 4.69) is 55.5 Å². The summed E-state index contributed by atoms with van der Waals surface area (Å²) < 4.78 is 3.96. The minimum absolute atomic E-state index is 0.412. The van der Waals surface area contributed by atoms with Crippen LogP contribution in [0.1, 0.15) is 51.0 Å². The van der Waals surface area contributed by atoms with Gasteiger partial charge in [0.05, 0.1) is 11.9 Å². The highest BCUT2D eigenvalue weighted by Crippen LogP contribution is 2.06. The number of aromatic nitrogens is 4. The molecule has 0 saturated heterocycles. The third-order valence-electron chi connectivity index (χ3n) is 3.01. The SMILES string of the molecule is CC(C)n1cc(CNCc2ccn(C(C)C)n2)cn1. The molecule has 0 fully saturated rings. The lowest BCUT2D eigenvalue weighted by Gasteiger charge is -2.04. The van der Waals surface area contributed by atoms with Crippen LogP contribution in [0.2, 0.25) is 0 Å². The van der Waals surface area contributed by atoms with Crippen molar-refractivity contribution in [1.29, 1.82) is 0 Å². The highest BCUT2D eigenvalue weighted by molar-refractivity contribution is 5.05. The van der Waals surface area contributed by atoms with E-state index >= 15 is 0 Å². The van der Waals surface area contributed by atoms with E-state index in [0.29, 0.717) is 12.1 Å². The van der Waals surface area contributed by atoms with Gasteiger partial charge in [-0.15, -0.1) is 0 Å². The van der Waals surface area contributed by atoms with E-state index in [0.717, 1.165) is 18.8 Å². The first-order chi connectivity index (χ1) is 9.06. The van der Waals surface area contributed by atoms with Crippen LogP contribution in [0.5, 0.6) is 0 Å². The van der Waals surface area contributed by atoms with Crippen molar-refractivity contribution in [3.63, 3.8) is 0 Å². The summed E-state index contributed by atoms with van der Waals surface area (Å²) in [6.45, 7) is 10.1. The topological polar surface area (TPSA) is 47.7 Å². The molecule has 104 valence electrons. The molecule has 5 nitrogen and oxygen atoms in total. The first kappa shape index (κ1) is 13.8. The normalized spacial score (nSPS) is 11.7. The molecule has 19 heavy (non-hydrogen) atoms. The zero-order valence-electron chi connectivity index (χ0n) is 12.2. The van der Waals surface area contributed by atoms with E-state index in [1.165, 1.54) is 5.56 Å². The van der Waals surface area contributed by atoms with Crippen LogP contribution in [0.15, 0.2) is 24.7 Å². The molecule has 0 bridgehead atoms. The predicted molar refractivity (Wildman–Crippen MR) is 75.8 cm³/mol. The van der Waals surface area contributed by atoms with Crippen molar-refractivity contribution in [3.05, 3.63) is 35.9 Å². The van der Waals surface area contributed by atoms with Crippen molar-refractivity contribution in [3.8, 4) is 0 Å². The summed E-state index contributed by atoms with van der Waals surface area (Å²) in [4.78, 5) is 0. The van der Waals surface area contributed by atoms with Gasteiger partial charge in [0.25, 0.3) is 0 Å². The summed E-state index contributed by atoms with van der Waals surface area (Å²) >= 11 is 0. The van der Waals surface area contributed by atoms with Gasteiger partial charge in [-0.3, -0.25) is 9.36 Å². The molecular formula is C14H23N5. The molecule has 0 saturated carbocycles. The summed E-state index contributed by atoms with van der Waals surface area (Å²) in [6.07, 6.45) is 6.03. The lowest BCUT2D eigenvalue weighted by atomic mass is 10.3. The van der Waals surface area contributed by atoms with Gasteiger partial charge in [0, 0.05) is 43.1 Å². The molecular weight excluding hydrogens is 238 g/mol. The van der Waals surface area contributed by atoms with Gasteiger partial charge < -0.3 is 5.32 Å². The Hall–Kier alpha value is -1.62. The van der Waals surface area contributed by atoms with Crippen molar-refractivity contribution in [2.24, 2.45) is 0 Å². The molecule has 2 aromatic heterocycles. The second-order valence-electron chi connectivity index (χ2n) is 5.41. The summed E-state index contributed by atoms with van der Waals surface area (Å²) in [6, 6.07) is 2.89. The Labute approximate surface area is 114 Å². The molecule has 2 aromatic rings. The maximum Gasteiger partial charge on any atom is 0.0762 e. The van der Waals surface area contributed by atoms with E-state index in [4.69, 9.17) is 0 Å². The van der Waals surface area contributed by atoms with Gasteiger partial charge in [-0.1, -0.05) is 0 Å². The van der Waals surface area contributed by atoms with E-state index in [9.17, 15) is 0 Å². The van der Waals surface area contributed by atoms with Crippen LogP contribution in [0.3, 0.4) is 0 Å². The monoisotopic (exact) mass is 261 g/mol. The first-order valence-corrected chi connectivity index (χ1v) is 6.84. The molecule has 0 amide bonds. The van der Waals surface area contributed by atoms with Gasteiger partial charge in [-0.05, 0) is 33.8 Å². The van der Waals surface area contributed by atoms with Gasteiger partial charge in [0.2, 0.25) is 0 Å². The molecule has 1 N–H and O–H groups in total. The molecule has 0 aliphatic heterocycles. The van der Waals surface area contributed by atoms with Crippen molar-refractivity contribution in [2.45, 2.75) is 52.9 Å². The maximum atomic E-state index is 4.51. The van der Waals surface area contributed by atoms with Crippen LogP contribution < -0.4 is 5.32 Å². The zero-order valence-corrected chi connectivity index (χ0v) is 12.2. The quantitative estimate of drug-likeness (QED) is 0.869. The summed E-state index contributed by atoms with van der Waals surface area (Å²) in [5.74, 6) is 0. The number of nitrogens with one attached hydrogen (secondary N) is 1. The molecule has 2 rings (SSSR count). The summed E-state index contributed by atoms with van der Waals surface area (Å²) in [7, 11) is 0. The van der Waals surface area contributed by atoms with Crippen molar-refractivity contribution in [2.75, 3.05) is 0 Å². The second-order valence-corrected chi connectivity index (χ2v) is 5.41. The maximum absolute atomic E-state index is 4.51. The Morgan fingerprint density at radius 1 is 1.11 bits per heavy atom. The third-order valence-corrected chi connectivity index (χ3v) is 3.01. The number of hydrogen-bond donors (Lipinski definition) is 1. The van der Waals surface area contributed by atoms with E-state index in [-0.39, 0.29) is 0 Å². The molecule has 0 aliphatic carbocycles. The van der Waals surface area contributed by atoms with Crippen LogP contribution in [0.4, 0.5) is 0 Å². The van der Waals surface area contributed by atoms with Crippen LogP contribution >= 0.6 is 0 Å². The van der Waals surface area contributed by atoms with Gasteiger partial charge in [0.15, 0.2) is 0 Å². The fourth-order valence-electron chi connectivity index (χ4n) is 1.85. The molecule has 0 spiro atoms. The molecule has 0 aromatic carbocycles. The summed E-state index contributed by atoms with van der Waals surface area (Å²) in [5.41, 5.74) is 2.28. The van der Waals surface area contributed by atoms with Gasteiger partial charge in [-0.25, -0.2) is 0 Å². The van der Waals surface area contributed by atoms with Crippen LogP contribution in [0, 0.1) is 0 Å².